The summed E-state index contributed by atoms with van der Waals surface area (Å²) in [6, 6.07) is 12.1. The van der Waals surface area contributed by atoms with Crippen molar-refractivity contribution in [3.05, 3.63) is 55.0 Å². The summed E-state index contributed by atoms with van der Waals surface area (Å²) in [5.41, 5.74) is 10.3. The number of piperidine rings is 1. The molecule has 1 fully saturated rings. The average Bonchev–Trinajstić information content (AvgIpc) is 3.23. The number of hydrogen-bond acceptors (Lipinski definition) is 6. The molecule has 3 N–H and O–H groups in total. The van der Waals surface area contributed by atoms with Gasteiger partial charge >= 0.3 is 0 Å². The van der Waals surface area contributed by atoms with Gasteiger partial charge in [-0.3, -0.25) is 15.1 Å². The highest BCUT2D eigenvalue weighted by atomic mass is 15.2. The minimum absolute atomic E-state index is 0.536. The zero-order valence-corrected chi connectivity index (χ0v) is 16.1. The molecular formula is C22H23N7. The number of pyridine rings is 3. The Morgan fingerprint density at radius 1 is 1.14 bits per heavy atom. The van der Waals surface area contributed by atoms with Crippen LogP contribution in [0, 0.1) is 5.92 Å². The average molecular weight is 385 g/mol. The van der Waals surface area contributed by atoms with E-state index in [4.69, 9.17) is 10.7 Å². The number of anilines is 1. The van der Waals surface area contributed by atoms with Crippen LogP contribution in [0.25, 0.3) is 33.5 Å². The number of nitrogens with one attached hydrogen (secondary N) is 1. The van der Waals surface area contributed by atoms with Crippen molar-refractivity contribution in [2.24, 2.45) is 11.7 Å². The van der Waals surface area contributed by atoms with E-state index in [0.717, 1.165) is 65.4 Å². The Morgan fingerprint density at radius 3 is 2.97 bits per heavy atom. The Hall–Kier alpha value is -3.32. The maximum Gasteiger partial charge on any atom is 0.129 e. The van der Waals surface area contributed by atoms with Crippen LogP contribution >= 0.6 is 0 Å². The summed E-state index contributed by atoms with van der Waals surface area (Å²) in [5.74, 6) is 1.52. The van der Waals surface area contributed by atoms with Gasteiger partial charge in [0, 0.05) is 36.4 Å². The monoisotopic (exact) mass is 385 g/mol. The Morgan fingerprint density at radius 2 is 2.10 bits per heavy atom. The lowest BCUT2D eigenvalue weighted by Gasteiger charge is -2.33. The van der Waals surface area contributed by atoms with E-state index in [9.17, 15) is 0 Å². The number of rotatable bonds is 4. The van der Waals surface area contributed by atoms with Crippen molar-refractivity contribution >= 4 is 16.7 Å². The third kappa shape index (κ3) is 3.45. The first kappa shape index (κ1) is 17.8. The Bertz CT molecular complexity index is 1120. The summed E-state index contributed by atoms with van der Waals surface area (Å²) in [6.45, 7) is 2.71. The topological polar surface area (TPSA) is 96.6 Å². The van der Waals surface area contributed by atoms with Crippen molar-refractivity contribution in [2.45, 2.75) is 12.8 Å². The van der Waals surface area contributed by atoms with E-state index >= 15 is 0 Å². The highest BCUT2D eigenvalue weighted by Gasteiger charge is 2.20. The van der Waals surface area contributed by atoms with Crippen LogP contribution in [0.2, 0.25) is 0 Å². The van der Waals surface area contributed by atoms with Crippen LogP contribution in [-0.2, 0) is 0 Å². The maximum atomic E-state index is 5.90. The second-order valence-corrected chi connectivity index (χ2v) is 7.50. The highest BCUT2D eigenvalue weighted by molar-refractivity contribution is 5.93. The van der Waals surface area contributed by atoms with E-state index < -0.39 is 0 Å². The van der Waals surface area contributed by atoms with Gasteiger partial charge in [-0.1, -0.05) is 6.07 Å². The van der Waals surface area contributed by atoms with Crippen molar-refractivity contribution in [1.29, 1.82) is 0 Å². The van der Waals surface area contributed by atoms with Gasteiger partial charge in [-0.05, 0) is 55.6 Å². The summed E-state index contributed by atoms with van der Waals surface area (Å²) in [5, 5.41) is 8.62. The van der Waals surface area contributed by atoms with Gasteiger partial charge in [-0.15, -0.1) is 0 Å². The van der Waals surface area contributed by atoms with Crippen LogP contribution in [0.3, 0.4) is 0 Å². The van der Waals surface area contributed by atoms with Crippen LogP contribution in [0.15, 0.2) is 55.0 Å². The fourth-order valence-corrected chi connectivity index (χ4v) is 3.98. The fourth-order valence-electron chi connectivity index (χ4n) is 3.98. The third-order valence-corrected chi connectivity index (χ3v) is 5.56. The first-order valence-electron chi connectivity index (χ1n) is 9.99. The number of aromatic amines is 1. The molecule has 1 aliphatic heterocycles. The summed E-state index contributed by atoms with van der Waals surface area (Å²) in [4.78, 5) is 16.0. The van der Waals surface area contributed by atoms with E-state index in [1.807, 2.05) is 42.7 Å². The first-order valence-corrected chi connectivity index (χ1v) is 9.99. The lowest BCUT2D eigenvalue weighted by atomic mass is 9.98. The minimum Gasteiger partial charge on any atom is -0.356 e. The molecule has 0 spiro atoms. The van der Waals surface area contributed by atoms with E-state index in [1.165, 1.54) is 6.42 Å². The smallest absolute Gasteiger partial charge is 0.129 e. The second kappa shape index (κ2) is 7.60. The Labute approximate surface area is 169 Å². The molecule has 0 aliphatic carbocycles. The zero-order valence-electron chi connectivity index (χ0n) is 16.1. The molecule has 0 aromatic carbocycles. The molecule has 0 amide bonds. The summed E-state index contributed by atoms with van der Waals surface area (Å²) >= 11 is 0. The normalized spacial score (nSPS) is 17.0. The SMILES string of the molecule is NCC1CCCN(c2cccc(-c3n[nH]c4cnc(-c5cccnc5)cc34)n2)C1. The molecule has 1 atom stereocenters. The minimum atomic E-state index is 0.536. The fraction of sp³-hybridized carbons (Fsp3) is 0.273. The van der Waals surface area contributed by atoms with Gasteiger partial charge in [-0.25, -0.2) is 4.98 Å². The lowest BCUT2D eigenvalue weighted by molar-refractivity contribution is 0.422. The van der Waals surface area contributed by atoms with E-state index in [1.54, 1.807) is 6.20 Å². The summed E-state index contributed by atoms with van der Waals surface area (Å²) in [7, 11) is 0. The molecule has 5 rings (SSSR count). The summed E-state index contributed by atoms with van der Waals surface area (Å²) < 4.78 is 0. The van der Waals surface area contributed by atoms with Crippen molar-refractivity contribution in [2.75, 3.05) is 24.5 Å². The molecular weight excluding hydrogens is 362 g/mol. The molecule has 0 bridgehead atoms. The van der Waals surface area contributed by atoms with Crippen molar-refractivity contribution in [1.82, 2.24) is 25.1 Å². The molecule has 4 aromatic rings. The molecule has 7 heteroatoms. The molecule has 5 heterocycles. The van der Waals surface area contributed by atoms with Gasteiger partial charge in [0.1, 0.15) is 11.5 Å². The van der Waals surface area contributed by atoms with Gasteiger partial charge in [-0.2, -0.15) is 5.10 Å². The summed E-state index contributed by atoms with van der Waals surface area (Å²) in [6.07, 6.45) is 7.74. The zero-order chi connectivity index (χ0) is 19.6. The number of H-pyrrole nitrogens is 1. The second-order valence-electron chi connectivity index (χ2n) is 7.50. The number of fused-ring (bicyclic) bond motifs is 1. The molecule has 1 unspecified atom stereocenters. The quantitative estimate of drug-likeness (QED) is 0.560. The number of nitrogens with zero attached hydrogens (tertiary/aromatic N) is 5. The third-order valence-electron chi connectivity index (χ3n) is 5.56. The van der Waals surface area contributed by atoms with Crippen LogP contribution in [0.4, 0.5) is 5.82 Å². The molecule has 1 aliphatic rings. The lowest BCUT2D eigenvalue weighted by Crippen LogP contribution is -2.38. The predicted molar refractivity (Wildman–Crippen MR) is 114 cm³/mol. The van der Waals surface area contributed by atoms with Gasteiger partial charge in [0.2, 0.25) is 0 Å². The largest absolute Gasteiger partial charge is 0.356 e. The van der Waals surface area contributed by atoms with Gasteiger partial charge in [0.15, 0.2) is 0 Å². The molecule has 0 radical (unpaired) electrons. The van der Waals surface area contributed by atoms with Gasteiger partial charge in [0.25, 0.3) is 0 Å². The molecule has 4 aromatic heterocycles. The van der Waals surface area contributed by atoms with Crippen molar-refractivity contribution in [3.8, 4) is 22.6 Å². The molecule has 29 heavy (non-hydrogen) atoms. The van der Waals surface area contributed by atoms with Crippen molar-refractivity contribution in [3.63, 3.8) is 0 Å². The van der Waals surface area contributed by atoms with Gasteiger partial charge < -0.3 is 10.6 Å². The Balaban J connectivity index is 1.52. The number of aromatic nitrogens is 5. The predicted octanol–water partition coefficient (Wildman–Crippen LogP) is 3.26. The molecule has 146 valence electrons. The van der Waals surface area contributed by atoms with E-state index in [2.05, 4.69) is 31.1 Å². The van der Waals surface area contributed by atoms with E-state index in [-0.39, 0.29) is 0 Å². The van der Waals surface area contributed by atoms with E-state index in [0.29, 0.717) is 5.92 Å². The number of nitrogens with two attached hydrogens (primary N) is 1. The highest BCUT2D eigenvalue weighted by Crippen LogP contribution is 2.30. The van der Waals surface area contributed by atoms with Crippen LogP contribution in [0.5, 0.6) is 0 Å². The standard InChI is InChI=1S/C22H23N7/c23-11-15-4-3-9-29(14-15)21-7-1-6-18(26-21)22-17-10-19(16-5-2-8-24-12-16)25-13-20(17)27-28-22/h1-2,5-8,10,12-13,15H,3-4,9,11,14,23H2,(H,27,28). The molecule has 7 nitrogen and oxygen atoms in total. The Kier molecular flexibility index (Phi) is 4.65. The molecule has 0 saturated carbocycles. The number of hydrogen-bond donors (Lipinski definition) is 2. The van der Waals surface area contributed by atoms with Crippen molar-refractivity contribution < 1.29 is 0 Å². The maximum absolute atomic E-state index is 5.90. The van der Waals surface area contributed by atoms with Crippen LogP contribution in [-0.4, -0.2) is 44.8 Å². The van der Waals surface area contributed by atoms with Gasteiger partial charge in [0.05, 0.1) is 23.1 Å². The first-order chi connectivity index (χ1) is 14.3. The van der Waals surface area contributed by atoms with Crippen LogP contribution in [0.1, 0.15) is 12.8 Å². The van der Waals surface area contributed by atoms with Crippen LogP contribution < -0.4 is 10.6 Å². The molecule has 1 saturated heterocycles.